The molecule has 0 atom stereocenters. The summed E-state index contributed by atoms with van der Waals surface area (Å²) in [6.45, 7) is 3.72. The Hall–Kier alpha value is -3.28. The monoisotopic (exact) mass is 367 g/mol. The van der Waals surface area contributed by atoms with Gasteiger partial charge in [0.2, 0.25) is 0 Å². The number of esters is 1. The van der Waals surface area contributed by atoms with Gasteiger partial charge in [-0.1, -0.05) is 32.0 Å². The molecule has 0 aliphatic heterocycles. The van der Waals surface area contributed by atoms with Gasteiger partial charge in [-0.2, -0.15) is 0 Å². The Kier molecular flexibility index (Phi) is 5.45. The van der Waals surface area contributed by atoms with Gasteiger partial charge in [0, 0.05) is 22.7 Å². The summed E-state index contributed by atoms with van der Waals surface area (Å²) in [5.41, 5.74) is 2.86. The van der Waals surface area contributed by atoms with E-state index in [4.69, 9.17) is 9.15 Å². The third kappa shape index (κ3) is 4.47. The lowest BCUT2D eigenvalue weighted by molar-refractivity contribution is -0.146. The number of nitrogens with one attached hydrogen (secondary N) is 1. The maximum Gasteiger partial charge on any atom is 0.310 e. The molecule has 0 fully saturated rings. The van der Waals surface area contributed by atoms with Crippen molar-refractivity contribution >= 4 is 28.5 Å². The Morgan fingerprint density at radius 3 is 2.74 bits per heavy atom. The zero-order valence-electron chi connectivity index (χ0n) is 15.2. The van der Waals surface area contributed by atoms with Crippen LogP contribution in [0.3, 0.4) is 0 Å². The van der Waals surface area contributed by atoms with Crippen LogP contribution in [0.5, 0.6) is 5.75 Å². The zero-order chi connectivity index (χ0) is 19.4. The predicted molar refractivity (Wildman–Crippen MR) is 102 cm³/mol. The highest BCUT2D eigenvalue weighted by molar-refractivity contribution is 5.94. The van der Waals surface area contributed by atoms with E-state index >= 15 is 0 Å². The second-order valence-corrected chi connectivity index (χ2v) is 6.57. The Morgan fingerprint density at radius 1 is 1.19 bits per heavy atom. The number of carbonyl (C=O) groups is 2. The number of anilines is 1. The normalized spacial score (nSPS) is 10.9. The fraction of sp³-hybridized carbons (Fsp3) is 0.238. The summed E-state index contributed by atoms with van der Waals surface area (Å²) in [6.07, 6.45) is 1.43. The van der Waals surface area contributed by atoms with Gasteiger partial charge in [0.15, 0.2) is 6.61 Å². The lowest BCUT2D eigenvalue weighted by Gasteiger charge is -2.13. The van der Waals surface area contributed by atoms with Crippen molar-refractivity contribution in [2.45, 2.75) is 26.2 Å². The minimum absolute atomic E-state index is 0.0202. The van der Waals surface area contributed by atoms with Gasteiger partial charge in [-0.3, -0.25) is 9.59 Å². The lowest BCUT2D eigenvalue weighted by Crippen LogP contribution is -2.22. The highest BCUT2D eigenvalue weighted by Crippen LogP contribution is 2.26. The molecule has 0 saturated carbocycles. The first kappa shape index (κ1) is 18.5. The van der Waals surface area contributed by atoms with Gasteiger partial charge in [-0.25, -0.2) is 0 Å². The number of hydrogen-bond donors (Lipinski definition) is 2. The van der Waals surface area contributed by atoms with Crippen LogP contribution in [0.15, 0.2) is 53.1 Å². The summed E-state index contributed by atoms with van der Waals surface area (Å²) in [4.78, 5) is 24.2. The molecule has 27 heavy (non-hydrogen) atoms. The summed E-state index contributed by atoms with van der Waals surface area (Å²) in [5.74, 6) is -0.571. The van der Waals surface area contributed by atoms with Crippen LogP contribution in [-0.2, 0) is 20.7 Å². The number of ether oxygens (including phenoxy) is 1. The number of para-hydroxylation sites is 1. The fourth-order valence-electron chi connectivity index (χ4n) is 2.86. The van der Waals surface area contributed by atoms with Crippen LogP contribution in [0.4, 0.5) is 5.69 Å². The first-order valence-electron chi connectivity index (χ1n) is 8.67. The molecule has 3 aromatic rings. The standard InChI is InChI=1S/C21H21NO5/c1-13(2)16-5-3-4-6-18(16)22-20(24)12-27-21(25)9-14-11-26-19-10-15(23)7-8-17(14)19/h3-8,10-11,13,23H,9,12H2,1-2H3,(H,22,24). The average Bonchev–Trinajstić information content (AvgIpc) is 3.02. The average molecular weight is 367 g/mol. The molecule has 0 aliphatic rings. The molecule has 0 spiro atoms. The van der Waals surface area contributed by atoms with Gasteiger partial charge in [0.1, 0.15) is 11.3 Å². The molecular weight excluding hydrogens is 346 g/mol. The van der Waals surface area contributed by atoms with Crippen molar-refractivity contribution in [1.29, 1.82) is 0 Å². The molecular formula is C21H21NO5. The molecule has 1 amide bonds. The molecule has 0 aliphatic carbocycles. The highest BCUT2D eigenvalue weighted by atomic mass is 16.5. The van der Waals surface area contributed by atoms with Crippen LogP contribution in [0.25, 0.3) is 11.0 Å². The minimum Gasteiger partial charge on any atom is -0.508 e. The van der Waals surface area contributed by atoms with Gasteiger partial charge < -0.3 is 19.6 Å². The van der Waals surface area contributed by atoms with Crippen molar-refractivity contribution in [2.24, 2.45) is 0 Å². The van der Waals surface area contributed by atoms with Crippen molar-refractivity contribution in [3.05, 3.63) is 59.9 Å². The lowest BCUT2D eigenvalue weighted by atomic mass is 10.0. The summed E-state index contributed by atoms with van der Waals surface area (Å²) < 4.78 is 10.4. The second kappa shape index (κ2) is 7.95. The molecule has 0 saturated heterocycles. The number of furan rings is 1. The fourth-order valence-corrected chi connectivity index (χ4v) is 2.86. The van der Waals surface area contributed by atoms with Crippen LogP contribution < -0.4 is 5.32 Å². The molecule has 0 radical (unpaired) electrons. The van der Waals surface area contributed by atoms with E-state index in [1.165, 1.54) is 18.4 Å². The highest BCUT2D eigenvalue weighted by Gasteiger charge is 2.14. The van der Waals surface area contributed by atoms with Gasteiger partial charge in [-0.05, 0) is 29.7 Å². The van der Waals surface area contributed by atoms with Gasteiger partial charge in [0.25, 0.3) is 5.91 Å². The van der Waals surface area contributed by atoms with E-state index in [0.29, 0.717) is 16.8 Å². The zero-order valence-corrected chi connectivity index (χ0v) is 15.2. The van der Waals surface area contributed by atoms with Crippen LogP contribution in [-0.4, -0.2) is 23.6 Å². The number of amides is 1. The van der Waals surface area contributed by atoms with E-state index in [9.17, 15) is 14.7 Å². The minimum atomic E-state index is -0.530. The van der Waals surface area contributed by atoms with E-state index in [0.717, 1.165) is 10.9 Å². The predicted octanol–water partition coefficient (Wildman–Crippen LogP) is 3.99. The number of hydrogen-bond acceptors (Lipinski definition) is 5. The number of phenols is 1. The quantitative estimate of drug-likeness (QED) is 0.643. The SMILES string of the molecule is CC(C)c1ccccc1NC(=O)COC(=O)Cc1coc2cc(O)ccc12. The first-order chi connectivity index (χ1) is 12.9. The van der Waals surface area contributed by atoms with Crippen LogP contribution in [0, 0.1) is 0 Å². The molecule has 0 bridgehead atoms. The number of rotatable bonds is 6. The molecule has 140 valence electrons. The molecule has 2 N–H and O–H groups in total. The summed E-state index contributed by atoms with van der Waals surface area (Å²) >= 11 is 0. The van der Waals surface area contributed by atoms with E-state index in [1.807, 2.05) is 38.1 Å². The molecule has 3 rings (SSSR count). The largest absolute Gasteiger partial charge is 0.508 e. The number of phenolic OH excluding ortho intramolecular Hbond substituents is 1. The number of fused-ring (bicyclic) bond motifs is 1. The van der Waals surface area contributed by atoms with Crippen molar-refractivity contribution in [3.63, 3.8) is 0 Å². The number of benzene rings is 2. The van der Waals surface area contributed by atoms with Gasteiger partial charge in [0.05, 0.1) is 12.7 Å². The Labute approximate surface area is 156 Å². The van der Waals surface area contributed by atoms with E-state index in [-0.39, 0.29) is 24.7 Å². The number of aromatic hydroxyl groups is 1. The third-order valence-electron chi connectivity index (χ3n) is 4.20. The van der Waals surface area contributed by atoms with Crippen LogP contribution >= 0.6 is 0 Å². The van der Waals surface area contributed by atoms with Crippen LogP contribution in [0.2, 0.25) is 0 Å². The smallest absolute Gasteiger partial charge is 0.310 e. The van der Waals surface area contributed by atoms with E-state index in [2.05, 4.69) is 5.32 Å². The first-order valence-corrected chi connectivity index (χ1v) is 8.67. The van der Waals surface area contributed by atoms with Crippen molar-refractivity contribution in [3.8, 4) is 5.75 Å². The molecule has 1 aromatic heterocycles. The maximum atomic E-state index is 12.1. The van der Waals surface area contributed by atoms with Crippen molar-refractivity contribution in [1.82, 2.24) is 0 Å². The van der Waals surface area contributed by atoms with Crippen LogP contribution in [0.1, 0.15) is 30.9 Å². The number of carbonyl (C=O) groups excluding carboxylic acids is 2. The van der Waals surface area contributed by atoms with E-state index < -0.39 is 11.9 Å². The van der Waals surface area contributed by atoms with Crippen molar-refractivity contribution in [2.75, 3.05) is 11.9 Å². The van der Waals surface area contributed by atoms with Gasteiger partial charge in [-0.15, -0.1) is 0 Å². The summed E-state index contributed by atoms with van der Waals surface area (Å²) in [7, 11) is 0. The topological polar surface area (TPSA) is 88.8 Å². The summed E-state index contributed by atoms with van der Waals surface area (Å²) in [6, 6.07) is 12.2. The third-order valence-corrected chi connectivity index (χ3v) is 4.20. The maximum absolute atomic E-state index is 12.1. The second-order valence-electron chi connectivity index (χ2n) is 6.57. The molecule has 2 aromatic carbocycles. The molecule has 6 heteroatoms. The Morgan fingerprint density at radius 2 is 1.96 bits per heavy atom. The Balaban J connectivity index is 1.56. The van der Waals surface area contributed by atoms with E-state index in [1.54, 1.807) is 6.07 Å². The van der Waals surface area contributed by atoms with Crippen molar-refractivity contribution < 1.29 is 23.8 Å². The molecule has 6 nitrogen and oxygen atoms in total. The summed E-state index contributed by atoms with van der Waals surface area (Å²) in [5, 5.41) is 12.9. The Bertz CT molecular complexity index is 974. The molecule has 1 heterocycles. The molecule has 0 unspecified atom stereocenters. The van der Waals surface area contributed by atoms with Gasteiger partial charge >= 0.3 is 5.97 Å².